The molecule has 2 bridgehead atoms. The third-order valence-electron chi connectivity index (χ3n) is 6.47. The van der Waals surface area contributed by atoms with Crippen LogP contribution in [0.15, 0.2) is 24.3 Å². The van der Waals surface area contributed by atoms with Crippen LogP contribution in [0.2, 0.25) is 0 Å². The zero-order chi connectivity index (χ0) is 14.6. The number of hydrogen-bond donors (Lipinski definition) is 1. The van der Waals surface area contributed by atoms with Crippen molar-refractivity contribution in [1.29, 1.82) is 0 Å². The number of hydrogen-bond acceptors (Lipinski definition) is 1. The number of rotatable bonds is 5. The maximum atomic E-state index is 3.64. The first-order valence-electron chi connectivity index (χ1n) is 8.95. The lowest BCUT2D eigenvalue weighted by molar-refractivity contribution is 0.385. The molecule has 5 unspecified atom stereocenters. The second kappa shape index (κ2) is 5.12. The first-order chi connectivity index (χ1) is 10.2. The van der Waals surface area contributed by atoms with E-state index >= 15 is 0 Å². The highest BCUT2D eigenvalue weighted by molar-refractivity contribution is 5.29. The summed E-state index contributed by atoms with van der Waals surface area (Å²) in [5.74, 6) is 5.92. The lowest BCUT2D eigenvalue weighted by atomic mass is 9.92. The SMILES string of the molecule is CNC(c1ccc(CC(C)C)cc1)C1C2C3CCC(C3)C21. The Bertz CT molecular complexity index is 487. The molecule has 0 saturated heterocycles. The third-order valence-corrected chi connectivity index (χ3v) is 6.47. The summed E-state index contributed by atoms with van der Waals surface area (Å²) in [6.07, 6.45) is 5.79. The molecule has 3 aliphatic rings. The van der Waals surface area contributed by atoms with Gasteiger partial charge in [-0.15, -0.1) is 0 Å². The van der Waals surface area contributed by atoms with E-state index in [-0.39, 0.29) is 0 Å². The summed E-state index contributed by atoms with van der Waals surface area (Å²) in [5, 5.41) is 3.64. The standard InChI is InChI=1S/C20H29N/c1-12(2)10-13-4-6-14(7-5-13)20(21-3)19-17-15-8-9-16(11-15)18(17)19/h4-7,12,15-21H,8-11H2,1-3H3. The van der Waals surface area contributed by atoms with Crippen molar-refractivity contribution in [2.45, 2.75) is 45.6 Å². The zero-order valence-corrected chi connectivity index (χ0v) is 13.7. The van der Waals surface area contributed by atoms with E-state index in [2.05, 4.69) is 50.5 Å². The van der Waals surface area contributed by atoms with Crippen LogP contribution >= 0.6 is 0 Å². The van der Waals surface area contributed by atoms with E-state index in [1.165, 1.54) is 30.4 Å². The Balaban J connectivity index is 1.49. The first-order valence-corrected chi connectivity index (χ1v) is 8.95. The molecule has 3 saturated carbocycles. The predicted octanol–water partition coefficient (Wildman–Crippen LogP) is 4.44. The van der Waals surface area contributed by atoms with Gasteiger partial charge in [0.2, 0.25) is 0 Å². The lowest BCUT2D eigenvalue weighted by Gasteiger charge is -2.21. The summed E-state index contributed by atoms with van der Waals surface area (Å²) in [5.41, 5.74) is 3.00. The van der Waals surface area contributed by atoms with Crippen LogP contribution in [-0.4, -0.2) is 7.05 Å². The van der Waals surface area contributed by atoms with Crippen molar-refractivity contribution >= 4 is 0 Å². The highest BCUT2D eigenvalue weighted by Crippen LogP contribution is 2.72. The van der Waals surface area contributed by atoms with Gasteiger partial charge < -0.3 is 5.32 Å². The minimum Gasteiger partial charge on any atom is -0.313 e. The van der Waals surface area contributed by atoms with E-state index in [0.717, 1.165) is 35.5 Å². The van der Waals surface area contributed by atoms with Crippen molar-refractivity contribution < 1.29 is 0 Å². The molecule has 0 aliphatic heterocycles. The fourth-order valence-corrected chi connectivity index (χ4v) is 5.75. The number of benzene rings is 1. The van der Waals surface area contributed by atoms with Crippen molar-refractivity contribution in [3.05, 3.63) is 35.4 Å². The molecule has 21 heavy (non-hydrogen) atoms. The van der Waals surface area contributed by atoms with E-state index in [4.69, 9.17) is 0 Å². The first kappa shape index (κ1) is 13.8. The summed E-state index contributed by atoms with van der Waals surface area (Å²) in [6.45, 7) is 4.59. The van der Waals surface area contributed by atoms with Gasteiger partial charge in [-0.2, -0.15) is 0 Å². The van der Waals surface area contributed by atoms with Crippen molar-refractivity contribution in [3.63, 3.8) is 0 Å². The summed E-state index contributed by atoms with van der Waals surface area (Å²) in [7, 11) is 2.16. The largest absolute Gasteiger partial charge is 0.313 e. The van der Waals surface area contributed by atoms with Gasteiger partial charge in [0, 0.05) is 6.04 Å². The number of fused-ring (bicyclic) bond motifs is 5. The van der Waals surface area contributed by atoms with E-state index in [9.17, 15) is 0 Å². The highest BCUT2D eigenvalue weighted by atomic mass is 14.9. The molecule has 5 atom stereocenters. The maximum absolute atomic E-state index is 3.64. The summed E-state index contributed by atoms with van der Waals surface area (Å²) >= 11 is 0. The Morgan fingerprint density at radius 3 is 2.19 bits per heavy atom. The van der Waals surface area contributed by atoms with E-state index in [1.54, 1.807) is 6.42 Å². The van der Waals surface area contributed by atoms with Crippen LogP contribution in [0.1, 0.15) is 50.3 Å². The van der Waals surface area contributed by atoms with Crippen LogP contribution in [0.3, 0.4) is 0 Å². The molecule has 1 nitrogen and oxygen atoms in total. The van der Waals surface area contributed by atoms with Gasteiger partial charge in [-0.05, 0) is 79.4 Å². The van der Waals surface area contributed by atoms with Crippen LogP contribution < -0.4 is 5.32 Å². The van der Waals surface area contributed by atoms with Crippen molar-refractivity contribution in [2.75, 3.05) is 7.05 Å². The van der Waals surface area contributed by atoms with Gasteiger partial charge in [-0.3, -0.25) is 0 Å². The fraction of sp³-hybridized carbons (Fsp3) is 0.700. The van der Waals surface area contributed by atoms with Crippen LogP contribution in [0.25, 0.3) is 0 Å². The summed E-state index contributed by atoms with van der Waals surface area (Å²) in [4.78, 5) is 0. The third kappa shape index (κ3) is 2.25. The molecule has 4 rings (SSSR count). The summed E-state index contributed by atoms with van der Waals surface area (Å²) in [6, 6.07) is 10.1. The van der Waals surface area contributed by atoms with Crippen LogP contribution in [0, 0.1) is 35.5 Å². The Morgan fingerprint density at radius 1 is 1.05 bits per heavy atom. The molecule has 1 aromatic rings. The average molecular weight is 283 g/mol. The average Bonchev–Trinajstić information content (AvgIpc) is 2.89. The highest BCUT2D eigenvalue weighted by Gasteiger charge is 2.66. The quantitative estimate of drug-likeness (QED) is 0.842. The second-order valence-electron chi connectivity index (χ2n) is 8.17. The van der Waals surface area contributed by atoms with Gasteiger partial charge in [-0.1, -0.05) is 38.1 Å². The van der Waals surface area contributed by atoms with E-state index in [1.807, 2.05) is 0 Å². The van der Waals surface area contributed by atoms with Crippen molar-refractivity contribution in [3.8, 4) is 0 Å². The molecule has 0 amide bonds. The summed E-state index contributed by atoms with van der Waals surface area (Å²) < 4.78 is 0. The predicted molar refractivity (Wildman–Crippen MR) is 88.1 cm³/mol. The van der Waals surface area contributed by atoms with Crippen molar-refractivity contribution in [1.82, 2.24) is 5.32 Å². The molecule has 1 aromatic carbocycles. The fourth-order valence-electron chi connectivity index (χ4n) is 5.75. The molecule has 3 aliphatic carbocycles. The Labute approximate surface area is 129 Å². The van der Waals surface area contributed by atoms with Gasteiger partial charge in [0.25, 0.3) is 0 Å². The molecule has 3 fully saturated rings. The smallest absolute Gasteiger partial charge is 0.0351 e. The molecule has 1 heteroatoms. The van der Waals surface area contributed by atoms with Crippen LogP contribution in [0.4, 0.5) is 0 Å². The molecular formula is C20H29N. The Hall–Kier alpha value is -0.820. The van der Waals surface area contributed by atoms with Crippen molar-refractivity contribution in [2.24, 2.45) is 35.5 Å². The minimum absolute atomic E-state index is 0.594. The molecule has 0 spiro atoms. The topological polar surface area (TPSA) is 12.0 Å². The van der Waals surface area contributed by atoms with Gasteiger partial charge >= 0.3 is 0 Å². The number of nitrogens with one attached hydrogen (secondary N) is 1. The zero-order valence-electron chi connectivity index (χ0n) is 13.7. The monoisotopic (exact) mass is 283 g/mol. The lowest BCUT2D eigenvalue weighted by Crippen LogP contribution is -2.22. The molecule has 0 radical (unpaired) electrons. The maximum Gasteiger partial charge on any atom is 0.0351 e. The van der Waals surface area contributed by atoms with E-state index in [0.29, 0.717) is 6.04 Å². The van der Waals surface area contributed by atoms with Gasteiger partial charge in [-0.25, -0.2) is 0 Å². The van der Waals surface area contributed by atoms with E-state index < -0.39 is 0 Å². The van der Waals surface area contributed by atoms with Gasteiger partial charge in [0.05, 0.1) is 0 Å². The van der Waals surface area contributed by atoms with Crippen LogP contribution in [0.5, 0.6) is 0 Å². The molecule has 114 valence electrons. The Morgan fingerprint density at radius 2 is 1.67 bits per heavy atom. The van der Waals surface area contributed by atoms with Gasteiger partial charge in [0.15, 0.2) is 0 Å². The van der Waals surface area contributed by atoms with Crippen LogP contribution in [-0.2, 0) is 6.42 Å². The Kier molecular flexibility index (Phi) is 3.37. The molecule has 1 N–H and O–H groups in total. The molecule has 0 heterocycles. The van der Waals surface area contributed by atoms with Gasteiger partial charge in [0.1, 0.15) is 0 Å². The normalized spacial score (nSPS) is 37.8. The minimum atomic E-state index is 0.594. The second-order valence-corrected chi connectivity index (χ2v) is 8.17. The molecular weight excluding hydrogens is 254 g/mol. The molecule has 0 aromatic heterocycles.